The zero-order chi connectivity index (χ0) is 19.8. The Morgan fingerprint density at radius 3 is 2.86 bits per heavy atom. The summed E-state index contributed by atoms with van der Waals surface area (Å²) in [6.07, 6.45) is 6.06. The lowest BCUT2D eigenvalue weighted by molar-refractivity contribution is -0.113. The van der Waals surface area contributed by atoms with Crippen molar-refractivity contribution in [3.63, 3.8) is 0 Å². The summed E-state index contributed by atoms with van der Waals surface area (Å²) >= 11 is 2.97. The molecule has 1 aromatic carbocycles. The summed E-state index contributed by atoms with van der Waals surface area (Å²) in [4.78, 5) is 19.4. The minimum Gasteiger partial charge on any atom is -0.341 e. The van der Waals surface area contributed by atoms with Crippen LogP contribution in [0.5, 0.6) is 0 Å². The third kappa shape index (κ3) is 4.11. The van der Waals surface area contributed by atoms with E-state index >= 15 is 0 Å². The maximum Gasteiger partial charge on any atom is 0.236 e. The van der Waals surface area contributed by atoms with E-state index in [4.69, 9.17) is 0 Å². The van der Waals surface area contributed by atoms with Gasteiger partial charge in [0, 0.05) is 19.1 Å². The van der Waals surface area contributed by atoms with E-state index < -0.39 is 0 Å². The molecule has 2 aliphatic rings. The monoisotopic (exact) mass is 428 g/mol. The molecule has 152 valence electrons. The number of carbonyl (C=O) groups excluding carboxylic acids is 1. The van der Waals surface area contributed by atoms with Gasteiger partial charge in [-0.05, 0) is 56.7 Å². The Kier molecular flexibility index (Phi) is 5.17. The van der Waals surface area contributed by atoms with Gasteiger partial charge in [0.1, 0.15) is 0 Å². The first kappa shape index (κ1) is 18.9. The number of amides is 1. The quantitative estimate of drug-likeness (QED) is 0.592. The summed E-state index contributed by atoms with van der Waals surface area (Å²) in [5.41, 5.74) is 2.11. The van der Waals surface area contributed by atoms with Crippen LogP contribution in [0.2, 0.25) is 0 Å². The number of thioether (sulfide) groups is 1. The van der Waals surface area contributed by atoms with Gasteiger partial charge >= 0.3 is 0 Å². The molecule has 0 unspecified atom stereocenters. The highest BCUT2D eigenvalue weighted by Gasteiger charge is 2.32. The molecule has 1 amide bonds. The van der Waals surface area contributed by atoms with E-state index in [2.05, 4.69) is 43.0 Å². The predicted molar refractivity (Wildman–Crippen MR) is 118 cm³/mol. The van der Waals surface area contributed by atoms with Crippen LogP contribution in [0.4, 0.5) is 11.1 Å². The number of aromatic nitrogens is 4. The second kappa shape index (κ2) is 7.95. The molecule has 1 saturated carbocycles. The van der Waals surface area contributed by atoms with E-state index in [1.54, 1.807) is 0 Å². The first-order valence-corrected chi connectivity index (χ1v) is 12.0. The standard InChI is InChI=1S/C20H24N6OS2/c1-13-5-8-15-16(11-13)29-18(21-15)22-17(27)12-28-20-24-23-19(26(20)14-6-7-14)25-9-3-2-4-10-25/h5,8,11,14H,2-4,6-7,9-10,12H2,1H3,(H,21,22,27). The van der Waals surface area contributed by atoms with Crippen molar-refractivity contribution in [2.75, 3.05) is 29.1 Å². The van der Waals surface area contributed by atoms with E-state index in [0.29, 0.717) is 16.9 Å². The van der Waals surface area contributed by atoms with Crippen molar-refractivity contribution in [3.8, 4) is 0 Å². The van der Waals surface area contributed by atoms with Crippen LogP contribution in [0.3, 0.4) is 0 Å². The van der Waals surface area contributed by atoms with Crippen LogP contribution in [0.25, 0.3) is 10.2 Å². The van der Waals surface area contributed by atoms with Crippen LogP contribution < -0.4 is 10.2 Å². The van der Waals surface area contributed by atoms with Gasteiger partial charge in [0.15, 0.2) is 10.3 Å². The molecular formula is C20H24N6OS2. The normalized spacial score (nSPS) is 17.1. The van der Waals surface area contributed by atoms with Gasteiger partial charge in [-0.25, -0.2) is 4.98 Å². The smallest absolute Gasteiger partial charge is 0.236 e. The van der Waals surface area contributed by atoms with Gasteiger partial charge in [-0.3, -0.25) is 9.36 Å². The average molecular weight is 429 g/mol. The van der Waals surface area contributed by atoms with Gasteiger partial charge in [-0.1, -0.05) is 29.2 Å². The molecule has 7 nitrogen and oxygen atoms in total. The average Bonchev–Trinajstić information content (AvgIpc) is 3.35. The molecule has 0 radical (unpaired) electrons. The fourth-order valence-corrected chi connectivity index (χ4v) is 5.48. The lowest BCUT2D eigenvalue weighted by Crippen LogP contribution is -2.32. The number of hydrogen-bond donors (Lipinski definition) is 1. The fraction of sp³-hybridized carbons (Fsp3) is 0.500. The zero-order valence-corrected chi connectivity index (χ0v) is 18.1. The van der Waals surface area contributed by atoms with Gasteiger partial charge in [-0.15, -0.1) is 10.2 Å². The Bertz CT molecular complexity index is 1030. The topological polar surface area (TPSA) is 75.9 Å². The van der Waals surface area contributed by atoms with E-state index in [9.17, 15) is 4.79 Å². The number of thiazole rings is 1. The van der Waals surface area contributed by atoms with E-state index in [0.717, 1.165) is 34.4 Å². The molecule has 1 saturated heterocycles. The Hall–Kier alpha value is -2.13. The molecule has 1 aliphatic heterocycles. The van der Waals surface area contributed by atoms with Gasteiger partial charge in [0.25, 0.3) is 0 Å². The Balaban J connectivity index is 1.25. The number of rotatable bonds is 6. The molecule has 1 N–H and O–H groups in total. The van der Waals surface area contributed by atoms with Crippen molar-refractivity contribution >= 4 is 50.3 Å². The molecule has 3 heterocycles. The summed E-state index contributed by atoms with van der Waals surface area (Å²) in [6, 6.07) is 6.61. The Morgan fingerprint density at radius 2 is 2.07 bits per heavy atom. The van der Waals surface area contributed by atoms with Gasteiger partial charge < -0.3 is 10.2 Å². The molecule has 29 heavy (non-hydrogen) atoms. The molecule has 9 heteroatoms. The molecule has 0 spiro atoms. The molecule has 3 aromatic rings. The Morgan fingerprint density at radius 1 is 1.24 bits per heavy atom. The third-order valence-corrected chi connectivity index (χ3v) is 7.20. The number of hydrogen-bond acceptors (Lipinski definition) is 7. The van der Waals surface area contributed by atoms with Crippen molar-refractivity contribution in [2.45, 2.75) is 50.2 Å². The maximum atomic E-state index is 12.5. The lowest BCUT2D eigenvalue weighted by atomic mass is 10.1. The number of fused-ring (bicyclic) bond motifs is 1. The van der Waals surface area contributed by atoms with Gasteiger partial charge in [-0.2, -0.15) is 0 Å². The number of nitrogens with one attached hydrogen (secondary N) is 1. The number of carbonyl (C=O) groups is 1. The number of nitrogens with zero attached hydrogens (tertiary/aromatic N) is 5. The number of piperidine rings is 1. The second-order valence-electron chi connectivity index (χ2n) is 7.76. The van der Waals surface area contributed by atoms with Crippen LogP contribution in [-0.4, -0.2) is 44.5 Å². The second-order valence-corrected chi connectivity index (χ2v) is 9.73. The van der Waals surface area contributed by atoms with Crippen molar-refractivity contribution < 1.29 is 4.79 Å². The highest BCUT2D eigenvalue weighted by Crippen LogP contribution is 2.41. The molecule has 0 bridgehead atoms. The summed E-state index contributed by atoms with van der Waals surface area (Å²) in [5, 5.41) is 13.3. The minimum absolute atomic E-state index is 0.0596. The molecule has 5 rings (SSSR count). The van der Waals surface area contributed by atoms with Crippen molar-refractivity contribution in [1.29, 1.82) is 0 Å². The van der Waals surface area contributed by atoms with Crippen LogP contribution in [0, 0.1) is 6.92 Å². The minimum atomic E-state index is -0.0596. The third-order valence-electron chi connectivity index (χ3n) is 5.32. The fourth-order valence-electron chi connectivity index (χ4n) is 3.70. The molecule has 0 atom stereocenters. The SMILES string of the molecule is Cc1ccc2nc(NC(=O)CSc3nnc(N4CCCCC4)n3C3CC3)sc2c1. The maximum absolute atomic E-state index is 12.5. The molecule has 1 aliphatic carbocycles. The number of anilines is 2. The number of aryl methyl sites for hydroxylation is 1. The van der Waals surface area contributed by atoms with Crippen molar-refractivity contribution in [3.05, 3.63) is 23.8 Å². The van der Waals surface area contributed by atoms with Gasteiger partial charge in [0.05, 0.1) is 16.0 Å². The van der Waals surface area contributed by atoms with E-state index in [-0.39, 0.29) is 5.91 Å². The van der Waals surface area contributed by atoms with Crippen LogP contribution in [0.1, 0.15) is 43.7 Å². The van der Waals surface area contributed by atoms with Crippen LogP contribution >= 0.6 is 23.1 Å². The number of benzene rings is 1. The molecular weight excluding hydrogens is 404 g/mol. The van der Waals surface area contributed by atoms with E-state index in [1.165, 1.54) is 60.8 Å². The summed E-state index contributed by atoms with van der Waals surface area (Å²) in [5.74, 6) is 1.23. The highest BCUT2D eigenvalue weighted by molar-refractivity contribution is 7.99. The molecule has 2 fully saturated rings. The Labute approximate surface area is 177 Å². The van der Waals surface area contributed by atoms with Crippen LogP contribution in [-0.2, 0) is 4.79 Å². The molecule has 2 aromatic heterocycles. The largest absolute Gasteiger partial charge is 0.341 e. The van der Waals surface area contributed by atoms with E-state index in [1.807, 2.05) is 12.1 Å². The van der Waals surface area contributed by atoms with Crippen LogP contribution in [0.15, 0.2) is 23.4 Å². The first-order valence-electron chi connectivity index (χ1n) is 10.2. The highest BCUT2D eigenvalue weighted by atomic mass is 32.2. The summed E-state index contributed by atoms with van der Waals surface area (Å²) < 4.78 is 3.34. The first-order chi connectivity index (χ1) is 14.2. The predicted octanol–water partition coefficient (Wildman–Crippen LogP) is 4.25. The van der Waals surface area contributed by atoms with Gasteiger partial charge in [0.2, 0.25) is 11.9 Å². The zero-order valence-electron chi connectivity index (χ0n) is 16.4. The summed E-state index contributed by atoms with van der Waals surface area (Å²) in [6.45, 7) is 4.16. The lowest BCUT2D eigenvalue weighted by Gasteiger charge is -2.27. The summed E-state index contributed by atoms with van der Waals surface area (Å²) in [7, 11) is 0. The van der Waals surface area contributed by atoms with Crippen molar-refractivity contribution in [1.82, 2.24) is 19.7 Å². The van der Waals surface area contributed by atoms with Crippen molar-refractivity contribution in [2.24, 2.45) is 0 Å².